The van der Waals surface area contributed by atoms with Gasteiger partial charge in [-0.3, -0.25) is 4.90 Å². The molecule has 5 rings (SSSR count). The molecule has 1 saturated carbocycles. The van der Waals surface area contributed by atoms with Gasteiger partial charge in [0.2, 0.25) is 10.0 Å². The first-order valence-electron chi connectivity index (χ1n) is 12.6. The Morgan fingerprint density at radius 1 is 1.24 bits per heavy atom. The highest BCUT2D eigenvalue weighted by Gasteiger charge is 2.35. The lowest BCUT2D eigenvalue weighted by atomic mass is 10.0. The number of ether oxygens (including phenoxy) is 1. The summed E-state index contributed by atoms with van der Waals surface area (Å²) in [7, 11) is -2.29. The van der Waals surface area contributed by atoms with E-state index in [4.69, 9.17) is 9.84 Å². The second kappa shape index (κ2) is 10.4. The number of hydrogen-bond donors (Lipinski definition) is 0. The number of nitrogens with zero attached hydrogens (tertiary/aromatic N) is 4. The molecule has 37 heavy (non-hydrogen) atoms. The molecule has 0 bridgehead atoms. The molecule has 0 radical (unpaired) electrons. The van der Waals surface area contributed by atoms with E-state index in [0.29, 0.717) is 36.0 Å². The zero-order valence-electron chi connectivity index (χ0n) is 21.4. The molecular weight excluding hydrogens is 491 g/mol. The topological polar surface area (TPSA) is 67.7 Å². The monoisotopic (exact) mass is 524 g/mol. The molecule has 0 N–H and O–H groups in total. The predicted octanol–water partition coefficient (Wildman–Crippen LogP) is 4.47. The van der Waals surface area contributed by atoms with Crippen LogP contribution in [-0.4, -0.2) is 54.1 Å². The van der Waals surface area contributed by atoms with Gasteiger partial charge < -0.3 is 4.74 Å². The molecule has 0 unspecified atom stereocenters. The van der Waals surface area contributed by atoms with Gasteiger partial charge in [-0.05, 0) is 55.5 Å². The Morgan fingerprint density at radius 3 is 2.73 bits per heavy atom. The van der Waals surface area contributed by atoms with Crippen LogP contribution in [0.1, 0.15) is 35.4 Å². The van der Waals surface area contributed by atoms with Crippen LogP contribution in [0, 0.1) is 18.7 Å². The third kappa shape index (κ3) is 5.21. The molecule has 1 aromatic heterocycles. The Balaban J connectivity index is 1.57. The fourth-order valence-electron chi connectivity index (χ4n) is 4.90. The molecular formula is C28H33FN4O3S. The Morgan fingerprint density at radius 2 is 2.03 bits per heavy atom. The molecule has 7 nitrogen and oxygen atoms in total. The van der Waals surface area contributed by atoms with Crippen molar-refractivity contribution in [3.63, 3.8) is 0 Å². The molecule has 0 saturated heterocycles. The molecule has 0 spiro atoms. The Labute approximate surface area is 218 Å². The van der Waals surface area contributed by atoms with E-state index in [-0.39, 0.29) is 11.4 Å². The second-order valence-corrected chi connectivity index (χ2v) is 11.8. The number of fused-ring (bicyclic) bond motifs is 1. The van der Waals surface area contributed by atoms with Gasteiger partial charge in [0.1, 0.15) is 17.3 Å². The third-order valence-corrected chi connectivity index (χ3v) is 8.99. The van der Waals surface area contributed by atoms with Gasteiger partial charge in [-0.1, -0.05) is 24.3 Å². The molecule has 1 aliphatic carbocycles. The number of benzene rings is 2. The number of methoxy groups -OCH3 is 1. The van der Waals surface area contributed by atoms with E-state index in [9.17, 15) is 12.8 Å². The minimum atomic E-state index is -3.92. The highest BCUT2D eigenvalue weighted by atomic mass is 32.2. The van der Waals surface area contributed by atoms with Gasteiger partial charge in [0, 0.05) is 38.2 Å². The van der Waals surface area contributed by atoms with Crippen molar-refractivity contribution < 1.29 is 17.5 Å². The Bertz CT molecular complexity index is 1410. The van der Waals surface area contributed by atoms with Crippen molar-refractivity contribution in [2.45, 2.75) is 44.2 Å². The number of aromatic nitrogens is 2. The summed E-state index contributed by atoms with van der Waals surface area (Å²) in [5.41, 5.74) is 4.04. The van der Waals surface area contributed by atoms with E-state index >= 15 is 0 Å². The SMILES string of the molecule is C=CCN1CCc2c(c(CN(CC3CC3)S(=O)(=O)c3ccc(C)c(F)c3)nn2-c2ccccc2OC)C1. The van der Waals surface area contributed by atoms with E-state index in [1.165, 1.54) is 16.4 Å². The first-order chi connectivity index (χ1) is 17.8. The standard InChI is InChI=1S/C28H33FN4O3S/c1-4-14-31-15-13-26-23(18-31)25(30-33(26)27-7-5-6-8-28(27)36-3)19-32(17-21-10-11-21)37(34,35)22-12-9-20(2)24(29)16-22/h4-9,12,16,21H,1,10-11,13-15,17-19H2,2-3H3. The maximum atomic E-state index is 14.4. The van der Waals surface area contributed by atoms with Gasteiger partial charge in [-0.2, -0.15) is 9.40 Å². The number of para-hydroxylation sites is 2. The zero-order chi connectivity index (χ0) is 26.2. The highest BCUT2D eigenvalue weighted by Crippen LogP contribution is 2.35. The minimum Gasteiger partial charge on any atom is -0.494 e. The molecule has 0 atom stereocenters. The van der Waals surface area contributed by atoms with Crippen LogP contribution in [0.3, 0.4) is 0 Å². The first kappa shape index (κ1) is 25.6. The summed E-state index contributed by atoms with van der Waals surface area (Å²) in [6, 6.07) is 11.8. The van der Waals surface area contributed by atoms with Gasteiger partial charge in [0.15, 0.2) is 0 Å². The van der Waals surface area contributed by atoms with Crippen molar-refractivity contribution in [2.75, 3.05) is 26.7 Å². The van der Waals surface area contributed by atoms with Crippen LogP contribution in [0.2, 0.25) is 0 Å². The van der Waals surface area contributed by atoms with Crippen molar-refractivity contribution in [3.05, 3.63) is 83.5 Å². The van der Waals surface area contributed by atoms with Gasteiger partial charge in [-0.15, -0.1) is 6.58 Å². The summed E-state index contributed by atoms with van der Waals surface area (Å²) >= 11 is 0. The summed E-state index contributed by atoms with van der Waals surface area (Å²) in [5.74, 6) is 0.491. The van der Waals surface area contributed by atoms with Crippen LogP contribution in [0.5, 0.6) is 5.75 Å². The Kier molecular flexibility index (Phi) is 7.20. The predicted molar refractivity (Wildman–Crippen MR) is 141 cm³/mol. The lowest BCUT2D eigenvalue weighted by molar-refractivity contribution is 0.277. The number of sulfonamides is 1. The van der Waals surface area contributed by atoms with Crippen molar-refractivity contribution >= 4 is 10.0 Å². The van der Waals surface area contributed by atoms with Crippen LogP contribution in [0.15, 0.2) is 60.0 Å². The zero-order valence-corrected chi connectivity index (χ0v) is 22.2. The maximum Gasteiger partial charge on any atom is 0.243 e. The maximum absolute atomic E-state index is 14.4. The fraction of sp³-hybridized carbons (Fsp3) is 0.393. The first-order valence-corrected chi connectivity index (χ1v) is 14.1. The Hall–Kier alpha value is -3.01. The van der Waals surface area contributed by atoms with E-state index in [1.54, 1.807) is 14.0 Å². The number of halogens is 1. The molecule has 9 heteroatoms. The smallest absolute Gasteiger partial charge is 0.243 e. The van der Waals surface area contributed by atoms with Gasteiger partial charge in [0.25, 0.3) is 0 Å². The summed E-state index contributed by atoms with van der Waals surface area (Å²) in [4.78, 5) is 2.25. The molecule has 0 amide bonds. The van der Waals surface area contributed by atoms with Crippen molar-refractivity contribution in [1.29, 1.82) is 0 Å². The summed E-state index contributed by atoms with van der Waals surface area (Å²) in [5, 5.41) is 4.98. The van der Waals surface area contributed by atoms with Crippen LogP contribution in [0.4, 0.5) is 4.39 Å². The van der Waals surface area contributed by atoms with Crippen molar-refractivity contribution in [2.24, 2.45) is 5.92 Å². The number of rotatable bonds is 10. The lowest BCUT2D eigenvalue weighted by Gasteiger charge is -2.27. The van der Waals surface area contributed by atoms with E-state index in [1.807, 2.05) is 35.0 Å². The average Bonchev–Trinajstić information content (AvgIpc) is 3.65. The molecule has 1 aliphatic heterocycles. The quantitative estimate of drug-likeness (QED) is 0.366. The van der Waals surface area contributed by atoms with Crippen LogP contribution < -0.4 is 4.74 Å². The normalized spacial score (nSPS) is 16.1. The van der Waals surface area contributed by atoms with Crippen molar-refractivity contribution in [1.82, 2.24) is 19.0 Å². The van der Waals surface area contributed by atoms with Gasteiger partial charge in [-0.25, -0.2) is 17.5 Å². The van der Waals surface area contributed by atoms with Crippen molar-refractivity contribution in [3.8, 4) is 11.4 Å². The molecule has 3 aromatic rings. The van der Waals surface area contributed by atoms with Crippen LogP contribution in [-0.2, 0) is 29.5 Å². The summed E-state index contributed by atoms with van der Waals surface area (Å²) < 4.78 is 50.9. The third-order valence-electron chi connectivity index (χ3n) is 7.19. The fourth-order valence-corrected chi connectivity index (χ4v) is 6.39. The average molecular weight is 525 g/mol. The number of hydrogen-bond acceptors (Lipinski definition) is 5. The molecule has 2 aromatic carbocycles. The van der Waals surface area contributed by atoms with E-state index < -0.39 is 15.8 Å². The van der Waals surface area contributed by atoms with Crippen LogP contribution in [0.25, 0.3) is 5.69 Å². The molecule has 2 aliphatic rings. The van der Waals surface area contributed by atoms with E-state index in [2.05, 4.69) is 11.5 Å². The second-order valence-electron chi connectivity index (χ2n) is 9.88. The minimum absolute atomic E-state index is 0.0254. The summed E-state index contributed by atoms with van der Waals surface area (Å²) in [6.45, 7) is 8.27. The highest BCUT2D eigenvalue weighted by molar-refractivity contribution is 7.89. The molecule has 196 valence electrons. The lowest BCUT2D eigenvalue weighted by Crippen LogP contribution is -2.34. The molecule has 2 heterocycles. The van der Waals surface area contributed by atoms with Crippen LogP contribution >= 0.6 is 0 Å². The largest absolute Gasteiger partial charge is 0.494 e. The van der Waals surface area contributed by atoms with Gasteiger partial charge >= 0.3 is 0 Å². The summed E-state index contributed by atoms with van der Waals surface area (Å²) in [6.07, 6.45) is 4.64. The van der Waals surface area contributed by atoms with E-state index in [0.717, 1.165) is 55.4 Å². The molecule has 1 fully saturated rings. The van der Waals surface area contributed by atoms with Gasteiger partial charge in [0.05, 0.1) is 29.9 Å². The number of aryl methyl sites for hydroxylation is 1.